The third-order valence-electron chi connectivity index (χ3n) is 6.51. The summed E-state index contributed by atoms with van der Waals surface area (Å²) in [4.78, 5) is 0.318. The van der Waals surface area contributed by atoms with Crippen LogP contribution in [0.3, 0.4) is 0 Å². The lowest BCUT2D eigenvalue weighted by molar-refractivity contribution is 0.0626. The monoisotopic (exact) mass is 449 g/mol. The highest BCUT2D eigenvalue weighted by Gasteiger charge is 2.44. The predicted molar refractivity (Wildman–Crippen MR) is 128 cm³/mol. The molecule has 168 valence electrons. The molecule has 6 heteroatoms. The van der Waals surface area contributed by atoms with E-state index in [0.29, 0.717) is 4.90 Å². The number of benzene rings is 1. The highest BCUT2D eigenvalue weighted by molar-refractivity contribution is 7.89. The van der Waals surface area contributed by atoms with Crippen LogP contribution in [0.15, 0.2) is 47.0 Å². The minimum absolute atomic E-state index is 0.150. The number of sulfonamides is 1. The number of hydrogen-bond acceptors (Lipinski definition) is 3. The average molecular weight is 450 g/mol. The minimum atomic E-state index is -3.50. The molecule has 0 N–H and O–H groups in total. The molecule has 30 heavy (non-hydrogen) atoms. The molecule has 2 rings (SSSR count). The van der Waals surface area contributed by atoms with Gasteiger partial charge < -0.3 is 4.43 Å². The lowest BCUT2D eigenvalue weighted by Gasteiger charge is -2.46. The SMILES string of the molecule is Cc1ccc(S(=O)(=O)N(C)CC=C=CC2(O[Si](C)(C)C(C)(C)C)CCCCC2)cc1. The van der Waals surface area contributed by atoms with E-state index in [-0.39, 0.29) is 17.2 Å². The van der Waals surface area contributed by atoms with Gasteiger partial charge in [-0.05, 0) is 62.2 Å². The van der Waals surface area contributed by atoms with E-state index in [1.807, 2.05) is 19.1 Å². The van der Waals surface area contributed by atoms with Crippen molar-refractivity contribution in [3.8, 4) is 0 Å². The summed E-state index contributed by atoms with van der Waals surface area (Å²) in [5, 5.41) is 0.150. The number of likely N-dealkylation sites (N-methyl/N-ethyl adjacent to an activating group) is 1. The van der Waals surface area contributed by atoms with Gasteiger partial charge in [0.2, 0.25) is 10.0 Å². The molecule has 0 amide bonds. The van der Waals surface area contributed by atoms with E-state index in [1.165, 1.54) is 10.7 Å². The van der Waals surface area contributed by atoms with Gasteiger partial charge in [0, 0.05) is 13.6 Å². The van der Waals surface area contributed by atoms with E-state index >= 15 is 0 Å². The van der Waals surface area contributed by atoms with E-state index in [1.54, 1.807) is 25.3 Å². The van der Waals surface area contributed by atoms with E-state index in [4.69, 9.17) is 4.43 Å². The Kier molecular flexibility index (Phi) is 7.98. The van der Waals surface area contributed by atoms with Crippen LogP contribution in [0.5, 0.6) is 0 Å². The zero-order valence-electron chi connectivity index (χ0n) is 19.8. The summed E-state index contributed by atoms with van der Waals surface area (Å²) in [5.41, 5.74) is 4.04. The Morgan fingerprint density at radius 2 is 1.70 bits per heavy atom. The number of aryl methyl sites for hydroxylation is 1. The maximum absolute atomic E-state index is 12.7. The molecule has 0 aromatic heterocycles. The molecule has 1 aromatic rings. The molecule has 1 saturated carbocycles. The van der Waals surface area contributed by atoms with Crippen molar-refractivity contribution in [1.29, 1.82) is 0 Å². The van der Waals surface area contributed by atoms with Gasteiger partial charge >= 0.3 is 0 Å². The summed E-state index contributed by atoms with van der Waals surface area (Å²) in [6, 6.07) is 6.96. The largest absolute Gasteiger partial charge is 0.407 e. The fourth-order valence-electron chi connectivity index (χ4n) is 3.47. The van der Waals surface area contributed by atoms with Crippen molar-refractivity contribution in [2.75, 3.05) is 13.6 Å². The summed E-state index contributed by atoms with van der Waals surface area (Å²) < 4.78 is 33.7. The second-order valence-electron chi connectivity index (χ2n) is 10.1. The maximum Gasteiger partial charge on any atom is 0.243 e. The van der Waals surface area contributed by atoms with Crippen molar-refractivity contribution in [2.45, 2.75) is 88.4 Å². The minimum Gasteiger partial charge on any atom is -0.407 e. The summed E-state index contributed by atoms with van der Waals surface area (Å²) >= 11 is 0. The number of hydrogen-bond donors (Lipinski definition) is 0. The first kappa shape index (κ1) is 25.1. The average Bonchev–Trinajstić information content (AvgIpc) is 2.65. The zero-order valence-corrected chi connectivity index (χ0v) is 21.6. The second kappa shape index (κ2) is 9.54. The third kappa shape index (κ3) is 6.18. The first-order valence-electron chi connectivity index (χ1n) is 10.9. The van der Waals surface area contributed by atoms with Gasteiger partial charge in [-0.1, -0.05) is 57.7 Å². The van der Waals surface area contributed by atoms with E-state index in [2.05, 4.69) is 45.7 Å². The molecular weight excluding hydrogens is 410 g/mol. The second-order valence-corrected chi connectivity index (χ2v) is 16.9. The Balaban J connectivity index is 2.16. The van der Waals surface area contributed by atoms with Crippen LogP contribution in [0.1, 0.15) is 58.4 Å². The zero-order chi connectivity index (χ0) is 22.6. The molecule has 1 fully saturated rings. The van der Waals surface area contributed by atoms with E-state index in [0.717, 1.165) is 31.2 Å². The standard InChI is InChI=1S/C24H39NO3SSi/c1-21-13-15-22(16-14-21)29(26,27)25(5)20-12-11-19-24(17-9-8-10-18-24)28-30(6,7)23(2,3)4/h12-16,19H,8-10,17-18,20H2,1-7H3. The topological polar surface area (TPSA) is 46.6 Å². The van der Waals surface area contributed by atoms with Crippen LogP contribution in [0.4, 0.5) is 0 Å². The van der Waals surface area contributed by atoms with Crippen LogP contribution in [0.25, 0.3) is 0 Å². The van der Waals surface area contributed by atoms with Crippen molar-refractivity contribution < 1.29 is 12.8 Å². The molecule has 0 bridgehead atoms. The van der Waals surface area contributed by atoms with Crippen LogP contribution in [0.2, 0.25) is 18.1 Å². The molecule has 4 nitrogen and oxygen atoms in total. The molecule has 0 saturated heterocycles. The van der Waals surface area contributed by atoms with Crippen molar-refractivity contribution in [3.05, 3.63) is 47.7 Å². The Hall–Kier alpha value is -1.17. The molecular formula is C24H39NO3SSi. The summed E-state index contributed by atoms with van der Waals surface area (Å²) in [6.45, 7) is 13.6. The molecule has 0 radical (unpaired) electrons. The third-order valence-corrected chi connectivity index (χ3v) is 12.9. The van der Waals surface area contributed by atoms with Gasteiger partial charge in [0.05, 0.1) is 10.5 Å². The van der Waals surface area contributed by atoms with Crippen molar-refractivity contribution in [1.82, 2.24) is 4.31 Å². The normalized spacial score (nSPS) is 17.5. The molecule has 0 heterocycles. The molecule has 1 aliphatic rings. The van der Waals surface area contributed by atoms with Gasteiger partial charge in [0.15, 0.2) is 8.32 Å². The van der Waals surface area contributed by atoms with Crippen LogP contribution in [-0.2, 0) is 14.4 Å². The van der Waals surface area contributed by atoms with Crippen LogP contribution in [-0.4, -0.2) is 40.2 Å². The van der Waals surface area contributed by atoms with Gasteiger partial charge in [-0.2, -0.15) is 4.31 Å². The smallest absolute Gasteiger partial charge is 0.243 e. The van der Waals surface area contributed by atoms with Crippen LogP contribution < -0.4 is 0 Å². The number of rotatable bonds is 7. The summed E-state index contributed by atoms with van der Waals surface area (Å²) in [5.74, 6) is 0. The van der Waals surface area contributed by atoms with Crippen molar-refractivity contribution in [2.24, 2.45) is 0 Å². The Labute approximate surface area is 185 Å². The predicted octanol–water partition coefficient (Wildman–Crippen LogP) is 6.05. The van der Waals surface area contributed by atoms with Crippen LogP contribution in [0, 0.1) is 6.92 Å². The van der Waals surface area contributed by atoms with Gasteiger partial charge in [-0.25, -0.2) is 8.42 Å². The van der Waals surface area contributed by atoms with Gasteiger partial charge in [-0.15, -0.1) is 5.73 Å². The highest BCUT2D eigenvalue weighted by atomic mass is 32.2. The Bertz CT molecular complexity index is 870. The first-order valence-corrected chi connectivity index (χ1v) is 15.3. The fraction of sp³-hybridized carbons (Fsp3) is 0.625. The first-order chi connectivity index (χ1) is 13.8. The molecule has 1 aromatic carbocycles. The van der Waals surface area contributed by atoms with E-state index < -0.39 is 18.3 Å². The van der Waals surface area contributed by atoms with Gasteiger partial charge in [0.1, 0.15) is 0 Å². The number of nitrogens with zero attached hydrogens (tertiary/aromatic N) is 1. The van der Waals surface area contributed by atoms with Gasteiger partial charge in [0.25, 0.3) is 0 Å². The Morgan fingerprint density at radius 1 is 1.13 bits per heavy atom. The van der Waals surface area contributed by atoms with Gasteiger partial charge in [-0.3, -0.25) is 0 Å². The lowest BCUT2D eigenvalue weighted by atomic mass is 9.85. The summed E-state index contributed by atoms with van der Waals surface area (Å²) in [6.07, 6.45) is 9.46. The van der Waals surface area contributed by atoms with Crippen molar-refractivity contribution >= 4 is 18.3 Å². The lowest BCUT2D eigenvalue weighted by Crippen LogP contribution is -2.49. The quantitative estimate of drug-likeness (QED) is 0.376. The fourth-order valence-corrected chi connectivity index (χ4v) is 6.16. The Morgan fingerprint density at radius 3 is 2.23 bits per heavy atom. The molecule has 0 atom stereocenters. The van der Waals surface area contributed by atoms with Crippen LogP contribution >= 0.6 is 0 Å². The van der Waals surface area contributed by atoms with E-state index in [9.17, 15) is 8.42 Å². The molecule has 0 spiro atoms. The summed E-state index contributed by atoms with van der Waals surface area (Å²) in [7, 11) is -3.81. The molecule has 0 aliphatic heterocycles. The highest BCUT2D eigenvalue weighted by Crippen LogP contribution is 2.43. The molecule has 1 aliphatic carbocycles. The maximum atomic E-state index is 12.7. The van der Waals surface area contributed by atoms with Crippen molar-refractivity contribution in [3.63, 3.8) is 0 Å². The molecule has 0 unspecified atom stereocenters.